The zero-order valence-corrected chi connectivity index (χ0v) is 17.0. The number of aryl methyl sites for hydroxylation is 2. The molecule has 0 radical (unpaired) electrons. The van der Waals surface area contributed by atoms with Gasteiger partial charge in [0.15, 0.2) is 0 Å². The Hall–Kier alpha value is -2.10. The molecule has 0 spiro atoms. The van der Waals surface area contributed by atoms with Gasteiger partial charge < -0.3 is 5.11 Å². The summed E-state index contributed by atoms with van der Waals surface area (Å²) in [6.45, 7) is 1.71. The fourth-order valence-electron chi connectivity index (χ4n) is 4.55. The van der Waals surface area contributed by atoms with E-state index in [1.807, 2.05) is 0 Å². The average Bonchev–Trinajstić information content (AvgIpc) is 2.86. The van der Waals surface area contributed by atoms with Gasteiger partial charge in [-0.2, -0.15) is 0 Å². The molecule has 2 aromatic rings. The van der Waals surface area contributed by atoms with E-state index in [0.29, 0.717) is 0 Å². The lowest BCUT2D eigenvalue weighted by molar-refractivity contribution is -0.144. The monoisotopic (exact) mass is 397 g/mol. The maximum atomic E-state index is 11.5. The lowest BCUT2D eigenvalue weighted by Crippen LogP contribution is -2.44. The quantitative estimate of drug-likeness (QED) is 0.791. The Bertz CT molecular complexity index is 812. The minimum Gasteiger partial charge on any atom is -0.480 e. The van der Waals surface area contributed by atoms with Gasteiger partial charge in [0.05, 0.1) is 0 Å². The van der Waals surface area contributed by atoms with Crippen LogP contribution in [0.15, 0.2) is 54.6 Å². The van der Waals surface area contributed by atoms with Gasteiger partial charge in [0.25, 0.3) is 0 Å². The lowest BCUT2D eigenvalue weighted by Gasteiger charge is -2.32. The topological polar surface area (TPSA) is 40.5 Å². The summed E-state index contributed by atoms with van der Waals surface area (Å²) in [4.78, 5) is 13.7. The predicted octanol–water partition coefficient (Wildman–Crippen LogP) is 4.97. The number of carboxylic acid groups (broad SMARTS) is 1. The molecule has 1 heterocycles. The van der Waals surface area contributed by atoms with Crippen molar-refractivity contribution in [2.45, 2.75) is 44.6 Å². The molecule has 1 aliphatic heterocycles. The first-order valence-corrected chi connectivity index (χ1v) is 10.1. The molecule has 1 atom stereocenters. The van der Waals surface area contributed by atoms with E-state index in [0.717, 1.165) is 51.6 Å². The summed E-state index contributed by atoms with van der Waals surface area (Å²) < 4.78 is 0. The van der Waals surface area contributed by atoms with Crippen LogP contribution in [0.3, 0.4) is 0 Å². The minimum absolute atomic E-state index is 0. The van der Waals surface area contributed by atoms with E-state index in [1.165, 1.54) is 27.8 Å². The number of benzene rings is 2. The van der Waals surface area contributed by atoms with Crippen LogP contribution in [0, 0.1) is 0 Å². The zero-order valence-electron chi connectivity index (χ0n) is 16.1. The lowest BCUT2D eigenvalue weighted by atomic mass is 9.93. The SMILES string of the molecule is Cl.O=C(O)C1CCCCN1CCC=C1c2ccccc2CCc2ccccc21. The predicted molar refractivity (Wildman–Crippen MR) is 116 cm³/mol. The van der Waals surface area contributed by atoms with Gasteiger partial charge in [0.2, 0.25) is 0 Å². The molecular formula is C24H28ClNO2. The molecule has 148 valence electrons. The van der Waals surface area contributed by atoms with Gasteiger partial charge in [-0.15, -0.1) is 12.4 Å². The van der Waals surface area contributed by atoms with Gasteiger partial charge in [0.1, 0.15) is 6.04 Å². The molecule has 1 unspecified atom stereocenters. The number of hydrogen-bond donors (Lipinski definition) is 1. The van der Waals surface area contributed by atoms with Crippen LogP contribution >= 0.6 is 12.4 Å². The molecule has 1 fully saturated rings. The number of fused-ring (bicyclic) bond motifs is 2. The number of halogens is 1. The Labute approximate surface area is 173 Å². The molecule has 0 bridgehead atoms. The molecule has 4 heteroatoms. The molecule has 4 rings (SSSR count). The highest BCUT2D eigenvalue weighted by atomic mass is 35.5. The number of carboxylic acids is 1. The number of aliphatic carboxylic acids is 1. The Morgan fingerprint density at radius 2 is 1.61 bits per heavy atom. The molecule has 3 nitrogen and oxygen atoms in total. The van der Waals surface area contributed by atoms with Crippen LogP contribution in [-0.2, 0) is 17.6 Å². The van der Waals surface area contributed by atoms with E-state index >= 15 is 0 Å². The maximum absolute atomic E-state index is 11.5. The van der Waals surface area contributed by atoms with E-state index < -0.39 is 5.97 Å². The summed E-state index contributed by atoms with van der Waals surface area (Å²) in [5.74, 6) is -0.674. The number of hydrogen-bond acceptors (Lipinski definition) is 2. The first kappa shape index (κ1) is 20.6. The number of rotatable bonds is 4. The van der Waals surface area contributed by atoms with Gasteiger partial charge in [-0.1, -0.05) is 61.0 Å². The van der Waals surface area contributed by atoms with Crippen LogP contribution in [0.5, 0.6) is 0 Å². The zero-order chi connectivity index (χ0) is 18.6. The summed E-state index contributed by atoms with van der Waals surface area (Å²) in [7, 11) is 0. The van der Waals surface area contributed by atoms with Gasteiger partial charge in [-0.25, -0.2) is 0 Å². The van der Waals surface area contributed by atoms with E-state index in [2.05, 4.69) is 59.5 Å². The molecule has 0 saturated carbocycles. The van der Waals surface area contributed by atoms with Crippen LogP contribution in [-0.4, -0.2) is 35.1 Å². The third-order valence-electron chi connectivity index (χ3n) is 5.94. The van der Waals surface area contributed by atoms with Crippen LogP contribution in [0.2, 0.25) is 0 Å². The van der Waals surface area contributed by atoms with E-state index in [9.17, 15) is 9.90 Å². The highest BCUT2D eigenvalue weighted by Crippen LogP contribution is 2.33. The second kappa shape index (κ2) is 9.40. The Kier molecular flexibility index (Phi) is 6.93. The Morgan fingerprint density at radius 3 is 2.21 bits per heavy atom. The van der Waals surface area contributed by atoms with Crippen molar-refractivity contribution in [3.8, 4) is 0 Å². The van der Waals surface area contributed by atoms with Crippen molar-refractivity contribution in [1.82, 2.24) is 4.90 Å². The average molecular weight is 398 g/mol. The van der Waals surface area contributed by atoms with E-state index in [-0.39, 0.29) is 18.4 Å². The van der Waals surface area contributed by atoms with Gasteiger partial charge in [-0.05, 0) is 66.5 Å². The first-order chi connectivity index (χ1) is 13.2. The Morgan fingerprint density at radius 1 is 1.00 bits per heavy atom. The highest BCUT2D eigenvalue weighted by Gasteiger charge is 2.27. The van der Waals surface area contributed by atoms with Crippen molar-refractivity contribution in [1.29, 1.82) is 0 Å². The summed E-state index contributed by atoms with van der Waals surface area (Å²) >= 11 is 0. The molecule has 0 amide bonds. The smallest absolute Gasteiger partial charge is 0.320 e. The largest absolute Gasteiger partial charge is 0.480 e. The van der Waals surface area contributed by atoms with Crippen LogP contribution < -0.4 is 0 Å². The standard InChI is InChI=1S/C24H27NO2.ClH/c26-24(27)23-13-5-6-16-25(23)17-7-12-22-20-10-3-1-8-18(20)14-15-19-9-2-4-11-21(19)22;/h1-4,8-12,23H,5-7,13-17H2,(H,26,27);1H. The summed E-state index contributed by atoms with van der Waals surface area (Å²) in [5.41, 5.74) is 6.78. The first-order valence-electron chi connectivity index (χ1n) is 10.1. The fraction of sp³-hybridized carbons (Fsp3) is 0.375. The molecule has 28 heavy (non-hydrogen) atoms. The molecule has 1 saturated heterocycles. The third kappa shape index (κ3) is 4.31. The number of likely N-dealkylation sites (tertiary alicyclic amines) is 1. The molecular weight excluding hydrogens is 370 g/mol. The number of nitrogens with zero attached hydrogens (tertiary/aromatic N) is 1. The number of carbonyl (C=O) groups is 1. The van der Waals surface area contributed by atoms with Gasteiger partial charge in [-0.3, -0.25) is 9.69 Å². The van der Waals surface area contributed by atoms with E-state index in [4.69, 9.17) is 0 Å². The molecule has 1 aliphatic carbocycles. The van der Waals surface area contributed by atoms with Gasteiger partial charge in [0, 0.05) is 6.54 Å². The maximum Gasteiger partial charge on any atom is 0.320 e. The minimum atomic E-state index is -0.674. The van der Waals surface area contributed by atoms with Crippen molar-refractivity contribution in [3.05, 3.63) is 76.9 Å². The molecule has 2 aromatic carbocycles. The molecule has 2 aliphatic rings. The van der Waals surface area contributed by atoms with Crippen molar-refractivity contribution >= 4 is 23.9 Å². The van der Waals surface area contributed by atoms with Crippen molar-refractivity contribution in [3.63, 3.8) is 0 Å². The number of piperidine rings is 1. The molecule has 0 aromatic heterocycles. The van der Waals surface area contributed by atoms with Crippen LogP contribution in [0.25, 0.3) is 5.57 Å². The summed E-state index contributed by atoms with van der Waals surface area (Å²) in [6, 6.07) is 17.1. The van der Waals surface area contributed by atoms with Crippen LogP contribution in [0.4, 0.5) is 0 Å². The summed E-state index contributed by atoms with van der Waals surface area (Å²) in [6.07, 6.45) is 8.24. The van der Waals surface area contributed by atoms with Crippen molar-refractivity contribution < 1.29 is 9.90 Å². The van der Waals surface area contributed by atoms with Crippen molar-refractivity contribution in [2.24, 2.45) is 0 Å². The normalized spacial score (nSPS) is 19.0. The second-order valence-electron chi connectivity index (χ2n) is 7.61. The third-order valence-corrected chi connectivity index (χ3v) is 5.94. The second-order valence-corrected chi connectivity index (χ2v) is 7.61. The van der Waals surface area contributed by atoms with Crippen LogP contribution in [0.1, 0.15) is 47.9 Å². The van der Waals surface area contributed by atoms with Crippen molar-refractivity contribution in [2.75, 3.05) is 13.1 Å². The van der Waals surface area contributed by atoms with Gasteiger partial charge >= 0.3 is 5.97 Å². The highest BCUT2D eigenvalue weighted by molar-refractivity contribution is 5.85. The molecule has 1 N–H and O–H groups in total. The Balaban J connectivity index is 0.00000225. The fourth-order valence-corrected chi connectivity index (χ4v) is 4.55. The van der Waals surface area contributed by atoms with E-state index in [1.54, 1.807) is 0 Å². The summed E-state index contributed by atoms with van der Waals surface area (Å²) in [5, 5.41) is 9.50.